The summed E-state index contributed by atoms with van der Waals surface area (Å²) in [4.78, 5) is 30.0. The van der Waals surface area contributed by atoms with Gasteiger partial charge in [-0.05, 0) is 59.4 Å². The Labute approximate surface area is 238 Å². The number of ether oxygens (including phenoxy) is 1. The van der Waals surface area contributed by atoms with Gasteiger partial charge in [-0.25, -0.2) is 9.78 Å². The van der Waals surface area contributed by atoms with Gasteiger partial charge in [-0.3, -0.25) is 4.79 Å². The van der Waals surface area contributed by atoms with E-state index in [-0.39, 0.29) is 5.91 Å². The molecule has 40 heavy (non-hydrogen) atoms. The highest BCUT2D eigenvalue weighted by molar-refractivity contribution is 7.98. The van der Waals surface area contributed by atoms with Crippen LogP contribution in [0.4, 0.5) is 5.69 Å². The van der Waals surface area contributed by atoms with Crippen molar-refractivity contribution in [3.8, 4) is 17.2 Å². The van der Waals surface area contributed by atoms with E-state index in [1.165, 1.54) is 7.11 Å². The fourth-order valence-electron chi connectivity index (χ4n) is 4.35. The minimum absolute atomic E-state index is 0.337. The van der Waals surface area contributed by atoms with Crippen molar-refractivity contribution in [1.82, 2.24) is 14.9 Å². The second kappa shape index (κ2) is 14.0. The Kier molecular flexibility index (Phi) is 9.97. The molecule has 3 aromatic carbocycles. The molecule has 0 aliphatic rings. The fourth-order valence-corrected chi connectivity index (χ4v) is 4.82. The van der Waals surface area contributed by atoms with Crippen LogP contribution in [0, 0.1) is 11.3 Å². The molecule has 1 atom stereocenters. The van der Waals surface area contributed by atoms with E-state index in [1.807, 2.05) is 77.6 Å². The maximum absolute atomic E-state index is 13.4. The maximum Gasteiger partial charge on any atom is 0.328 e. The van der Waals surface area contributed by atoms with Crippen LogP contribution < -0.4 is 10.6 Å². The molecule has 0 saturated carbocycles. The smallest absolute Gasteiger partial charge is 0.328 e. The number of nitrogens with one attached hydrogen (secondary N) is 2. The molecule has 2 N–H and O–H groups in total. The molecule has 0 unspecified atom stereocenters. The number of rotatable bonds is 12. The fraction of sp³-hybridized carbons (Fsp3) is 0.226. The van der Waals surface area contributed by atoms with E-state index in [0.717, 1.165) is 28.1 Å². The van der Waals surface area contributed by atoms with E-state index >= 15 is 0 Å². The van der Waals surface area contributed by atoms with Crippen molar-refractivity contribution in [1.29, 1.82) is 5.26 Å². The zero-order chi connectivity index (χ0) is 28.3. The number of hydrogen-bond acceptors (Lipinski definition) is 7. The first-order valence-corrected chi connectivity index (χ1v) is 14.2. The summed E-state index contributed by atoms with van der Waals surface area (Å²) >= 11 is 1.60. The quantitative estimate of drug-likeness (QED) is 0.235. The molecule has 1 aromatic heterocycles. The van der Waals surface area contributed by atoms with Crippen LogP contribution in [-0.4, -0.2) is 46.6 Å². The number of esters is 1. The van der Waals surface area contributed by atoms with Gasteiger partial charge in [0.15, 0.2) is 0 Å². The van der Waals surface area contributed by atoms with Crippen molar-refractivity contribution >= 4 is 29.3 Å². The van der Waals surface area contributed by atoms with E-state index in [2.05, 4.69) is 21.7 Å². The summed E-state index contributed by atoms with van der Waals surface area (Å²) < 4.78 is 6.92. The maximum atomic E-state index is 13.4. The average molecular weight is 554 g/mol. The highest BCUT2D eigenvalue weighted by Gasteiger charge is 2.23. The predicted molar refractivity (Wildman–Crippen MR) is 158 cm³/mol. The molecule has 1 amide bonds. The number of thioether (sulfide) groups is 1. The molecular weight excluding hydrogens is 522 g/mol. The molecule has 0 fully saturated rings. The SMILES string of the molecule is COC(=O)[C@H](CCSC)NC(=O)c1ccc(NCc2cncn2Cc2ccccc2C#N)cc1-c1ccccc1. The number of imidazole rings is 1. The minimum Gasteiger partial charge on any atom is -0.467 e. The summed E-state index contributed by atoms with van der Waals surface area (Å²) in [6, 6.07) is 24.3. The molecular formula is C31H31N5O3S. The number of nitrogens with zero attached hydrogens (tertiary/aromatic N) is 3. The first-order chi connectivity index (χ1) is 19.5. The van der Waals surface area contributed by atoms with E-state index in [9.17, 15) is 14.9 Å². The van der Waals surface area contributed by atoms with Crippen LogP contribution in [0.3, 0.4) is 0 Å². The standard InChI is InChI=1S/C31H31N5O3S/c1-39-31(38)29(14-15-40-2)35-30(37)27-13-12-25(16-28(27)22-8-4-3-5-9-22)34-19-26-18-33-21-36(26)20-24-11-7-6-10-23(24)17-32/h3-13,16,18,21,29,34H,14-15,19-20H2,1-2H3,(H,35,37)/t29-/m0/s1. The molecule has 9 heteroatoms. The Bertz CT molecular complexity index is 1500. The van der Waals surface area contributed by atoms with Gasteiger partial charge in [0.25, 0.3) is 5.91 Å². The van der Waals surface area contributed by atoms with Gasteiger partial charge in [0.05, 0.1) is 43.9 Å². The number of nitriles is 1. The normalized spacial score (nSPS) is 11.3. The lowest BCUT2D eigenvalue weighted by Crippen LogP contribution is -2.42. The first kappa shape index (κ1) is 28.5. The minimum atomic E-state index is -0.724. The van der Waals surface area contributed by atoms with E-state index in [1.54, 1.807) is 30.4 Å². The first-order valence-electron chi connectivity index (χ1n) is 12.8. The van der Waals surface area contributed by atoms with Gasteiger partial charge in [0.2, 0.25) is 0 Å². The van der Waals surface area contributed by atoms with E-state index in [4.69, 9.17) is 4.74 Å². The second-order valence-electron chi connectivity index (χ2n) is 9.09. The van der Waals surface area contributed by atoms with Crippen molar-refractivity contribution in [2.24, 2.45) is 0 Å². The predicted octanol–water partition coefficient (Wildman–Crippen LogP) is 5.11. The van der Waals surface area contributed by atoms with Gasteiger partial charge >= 0.3 is 5.97 Å². The van der Waals surface area contributed by atoms with Gasteiger partial charge in [0.1, 0.15) is 6.04 Å². The molecule has 204 valence electrons. The van der Waals surface area contributed by atoms with Gasteiger partial charge in [0, 0.05) is 17.4 Å². The summed E-state index contributed by atoms with van der Waals surface area (Å²) in [5.74, 6) is -0.0836. The molecule has 4 rings (SSSR count). The number of carbonyl (C=O) groups excluding carboxylic acids is 2. The van der Waals surface area contributed by atoms with Crippen molar-refractivity contribution in [2.75, 3.05) is 24.4 Å². The molecule has 0 spiro atoms. The lowest BCUT2D eigenvalue weighted by atomic mass is 9.98. The van der Waals surface area contributed by atoms with Crippen LogP contribution in [-0.2, 0) is 22.6 Å². The van der Waals surface area contributed by atoms with Crippen molar-refractivity contribution in [3.05, 3.63) is 108 Å². The van der Waals surface area contributed by atoms with Crippen molar-refractivity contribution in [2.45, 2.75) is 25.6 Å². The Balaban J connectivity index is 1.56. The number of benzene rings is 3. The summed E-state index contributed by atoms with van der Waals surface area (Å²) in [7, 11) is 1.32. The molecule has 0 aliphatic heterocycles. The molecule has 1 heterocycles. The Morgan fingerprint density at radius 1 is 1.10 bits per heavy atom. The third-order valence-electron chi connectivity index (χ3n) is 6.50. The third-order valence-corrected chi connectivity index (χ3v) is 7.15. The van der Waals surface area contributed by atoms with Crippen LogP contribution in [0.1, 0.15) is 33.6 Å². The van der Waals surface area contributed by atoms with Gasteiger partial charge < -0.3 is 19.9 Å². The third kappa shape index (κ3) is 7.10. The van der Waals surface area contributed by atoms with Crippen LogP contribution in [0.5, 0.6) is 0 Å². The van der Waals surface area contributed by atoms with E-state index < -0.39 is 12.0 Å². The molecule has 0 radical (unpaired) electrons. The van der Waals surface area contributed by atoms with Crippen LogP contribution >= 0.6 is 11.8 Å². The lowest BCUT2D eigenvalue weighted by molar-refractivity contribution is -0.142. The zero-order valence-electron chi connectivity index (χ0n) is 22.5. The van der Waals surface area contributed by atoms with E-state index in [0.29, 0.717) is 36.4 Å². The average Bonchev–Trinajstić information content (AvgIpc) is 3.44. The summed E-state index contributed by atoms with van der Waals surface area (Å²) in [5.41, 5.74) is 5.43. The van der Waals surface area contributed by atoms with Gasteiger partial charge in [-0.15, -0.1) is 0 Å². The summed E-state index contributed by atoms with van der Waals surface area (Å²) in [5, 5.41) is 15.7. The van der Waals surface area contributed by atoms with Crippen LogP contribution in [0.25, 0.3) is 11.1 Å². The molecule has 8 nitrogen and oxygen atoms in total. The number of aromatic nitrogens is 2. The second-order valence-corrected chi connectivity index (χ2v) is 10.1. The zero-order valence-corrected chi connectivity index (χ0v) is 23.3. The summed E-state index contributed by atoms with van der Waals surface area (Å²) in [6.07, 6.45) is 5.98. The number of amides is 1. The lowest BCUT2D eigenvalue weighted by Gasteiger charge is -2.18. The number of hydrogen-bond donors (Lipinski definition) is 2. The Morgan fingerprint density at radius 3 is 2.62 bits per heavy atom. The van der Waals surface area contributed by atoms with Gasteiger partial charge in [-0.1, -0.05) is 48.5 Å². The molecule has 4 aromatic rings. The van der Waals surface area contributed by atoms with Crippen molar-refractivity contribution in [3.63, 3.8) is 0 Å². The van der Waals surface area contributed by atoms with Crippen molar-refractivity contribution < 1.29 is 14.3 Å². The number of methoxy groups -OCH3 is 1. The Hall–Kier alpha value is -4.55. The molecule has 0 aliphatic carbocycles. The monoisotopic (exact) mass is 553 g/mol. The molecule has 0 saturated heterocycles. The topological polar surface area (TPSA) is 109 Å². The Morgan fingerprint density at radius 2 is 1.88 bits per heavy atom. The van der Waals surface area contributed by atoms with Crippen LogP contribution in [0.15, 0.2) is 85.3 Å². The van der Waals surface area contributed by atoms with Crippen LogP contribution in [0.2, 0.25) is 0 Å². The number of carbonyl (C=O) groups is 2. The van der Waals surface area contributed by atoms with Gasteiger partial charge in [-0.2, -0.15) is 17.0 Å². The highest BCUT2D eigenvalue weighted by Crippen LogP contribution is 2.28. The molecule has 0 bridgehead atoms. The highest BCUT2D eigenvalue weighted by atomic mass is 32.2. The largest absolute Gasteiger partial charge is 0.467 e. The number of anilines is 1. The summed E-state index contributed by atoms with van der Waals surface area (Å²) in [6.45, 7) is 1.03.